The molecule has 3 rings (SSSR count). The monoisotopic (exact) mass is 417 g/mol. The molecule has 3 aromatic carbocycles. The van der Waals surface area contributed by atoms with Crippen LogP contribution in [0.25, 0.3) is 11.6 Å². The fraction of sp³-hybridized carbons (Fsp3) is 0.192. The number of likely N-dealkylation sites (N-methyl/N-ethyl adjacent to an activating group) is 1. The second-order valence-electron chi connectivity index (χ2n) is 6.98. The highest BCUT2D eigenvalue weighted by molar-refractivity contribution is 6.24. The molecule has 160 valence electrons. The lowest BCUT2D eigenvalue weighted by Crippen LogP contribution is -2.27. The summed E-state index contributed by atoms with van der Waals surface area (Å²) in [6.45, 7) is 0.370. The maximum atomic E-state index is 13.6. The number of rotatable bonds is 8. The minimum absolute atomic E-state index is 0.109. The van der Waals surface area contributed by atoms with Gasteiger partial charge in [0.2, 0.25) is 0 Å². The van der Waals surface area contributed by atoms with Crippen LogP contribution in [0.1, 0.15) is 16.7 Å². The number of amides is 1. The van der Waals surface area contributed by atoms with Crippen LogP contribution in [0, 0.1) is 0 Å². The first-order valence-corrected chi connectivity index (χ1v) is 9.94. The molecule has 31 heavy (non-hydrogen) atoms. The van der Waals surface area contributed by atoms with Crippen LogP contribution in [0.3, 0.4) is 0 Å². The first-order chi connectivity index (χ1) is 15.1. The Bertz CT molecular complexity index is 1060. The van der Waals surface area contributed by atoms with E-state index in [0.717, 1.165) is 16.7 Å². The fourth-order valence-electron chi connectivity index (χ4n) is 3.44. The molecule has 0 radical (unpaired) electrons. The van der Waals surface area contributed by atoms with Crippen molar-refractivity contribution in [3.63, 3.8) is 0 Å². The van der Waals surface area contributed by atoms with Crippen LogP contribution in [0.4, 0.5) is 0 Å². The molecule has 0 heterocycles. The van der Waals surface area contributed by atoms with E-state index in [9.17, 15) is 4.79 Å². The average molecular weight is 418 g/mol. The number of methoxy groups -OCH3 is 3. The molecule has 0 fully saturated rings. The van der Waals surface area contributed by atoms with Gasteiger partial charge in [-0.1, -0.05) is 60.7 Å². The van der Waals surface area contributed by atoms with Crippen LogP contribution >= 0.6 is 0 Å². The van der Waals surface area contributed by atoms with E-state index in [2.05, 4.69) is 0 Å². The van der Waals surface area contributed by atoms with Crippen LogP contribution in [-0.2, 0) is 11.3 Å². The summed E-state index contributed by atoms with van der Waals surface area (Å²) in [6.07, 6.45) is 1.87. The van der Waals surface area contributed by atoms with Gasteiger partial charge in [0.25, 0.3) is 5.91 Å². The molecular formula is C26H27NO4. The van der Waals surface area contributed by atoms with Gasteiger partial charge in [0.1, 0.15) is 5.75 Å². The van der Waals surface area contributed by atoms with Gasteiger partial charge < -0.3 is 19.1 Å². The van der Waals surface area contributed by atoms with E-state index < -0.39 is 0 Å². The van der Waals surface area contributed by atoms with E-state index in [1.165, 1.54) is 0 Å². The third-order valence-electron chi connectivity index (χ3n) is 4.99. The zero-order chi connectivity index (χ0) is 22.2. The molecule has 0 N–H and O–H groups in total. The maximum Gasteiger partial charge on any atom is 0.254 e. The molecule has 0 unspecified atom stereocenters. The number of nitrogens with zero attached hydrogens (tertiary/aromatic N) is 1. The molecule has 5 nitrogen and oxygen atoms in total. The highest BCUT2D eigenvalue weighted by atomic mass is 16.5. The van der Waals surface area contributed by atoms with E-state index in [1.807, 2.05) is 78.9 Å². The van der Waals surface area contributed by atoms with Gasteiger partial charge in [0.05, 0.1) is 21.3 Å². The van der Waals surface area contributed by atoms with Crippen molar-refractivity contribution >= 4 is 17.6 Å². The van der Waals surface area contributed by atoms with Crippen LogP contribution in [-0.4, -0.2) is 39.2 Å². The Kier molecular flexibility index (Phi) is 7.33. The molecule has 0 saturated heterocycles. The lowest BCUT2D eigenvalue weighted by molar-refractivity contribution is -0.124. The van der Waals surface area contributed by atoms with Crippen molar-refractivity contribution in [2.24, 2.45) is 0 Å². The Morgan fingerprint density at radius 1 is 0.806 bits per heavy atom. The standard InChI is InChI=1S/C26H27NO4/c1-27(18-21-14-10-16-24(30-3)25(21)31-4)26(28)22(19-11-6-5-7-12-19)17-20-13-8-9-15-23(20)29-2/h5-17H,18H2,1-4H3. The molecular weight excluding hydrogens is 390 g/mol. The largest absolute Gasteiger partial charge is 0.496 e. The summed E-state index contributed by atoms with van der Waals surface area (Å²) >= 11 is 0. The van der Waals surface area contributed by atoms with Gasteiger partial charge in [-0.05, 0) is 23.8 Å². The van der Waals surface area contributed by atoms with Gasteiger partial charge in [0, 0.05) is 30.3 Å². The van der Waals surface area contributed by atoms with Crippen LogP contribution in [0.15, 0.2) is 72.8 Å². The summed E-state index contributed by atoms with van der Waals surface area (Å²) in [4.78, 5) is 15.2. The highest BCUT2D eigenvalue weighted by Gasteiger charge is 2.20. The van der Waals surface area contributed by atoms with E-state index in [-0.39, 0.29) is 5.91 Å². The predicted molar refractivity (Wildman–Crippen MR) is 123 cm³/mol. The van der Waals surface area contributed by atoms with Gasteiger partial charge in [-0.15, -0.1) is 0 Å². The number of ether oxygens (including phenoxy) is 3. The SMILES string of the molecule is COc1ccccc1C=C(C(=O)N(C)Cc1cccc(OC)c1OC)c1ccccc1. The Balaban J connectivity index is 1.99. The van der Waals surface area contributed by atoms with Crippen molar-refractivity contribution in [2.75, 3.05) is 28.4 Å². The Hall–Kier alpha value is -3.73. The number of benzene rings is 3. The Morgan fingerprint density at radius 3 is 2.13 bits per heavy atom. The molecule has 0 bridgehead atoms. The Morgan fingerprint density at radius 2 is 1.45 bits per heavy atom. The fourth-order valence-corrected chi connectivity index (χ4v) is 3.44. The molecule has 0 aliphatic carbocycles. The molecule has 0 spiro atoms. The molecule has 0 saturated carbocycles. The zero-order valence-corrected chi connectivity index (χ0v) is 18.3. The van der Waals surface area contributed by atoms with Crippen LogP contribution in [0.5, 0.6) is 17.2 Å². The first kappa shape index (κ1) is 22.0. The summed E-state index contributed by atoms with van der Waals surface area (Å²) in [5, 5.41) is 0. The van der Waals surface area contributed by atoms with Crippen molar-refractivity contribution in [2.45, 2.75) is 6.54 Å². The lowest BCUT2D eigenvalue weighted by Gasteiger charge is -2.22. The predicted octanol–water partition coefficient (Wildman–Crippen LogP) is 4.91. The summed E-state index contributed by atoms with van der Waals surface area (Å²) in [5.74, 6) is 1.86. The van der Waals surface area contributed by atoms with Gasteiger partial charge in [-0.2, -0.15) is 0 Å². The summed E-state index contributed by atoms with van der Waals surface area (Å²) in [7, 11) is 6.60. The topological polar surface area (TPSA) is 48.0 Å². The molecule has 0 aromatic heterocycles. The first-order valence-electron chi connectivity index (χ1n) is 9.94. The van der Waals surface area contributed by atoms with Crippen molar-refractivity contribution in [1.82, 2.24) is 4.90 Å². The second kappa shape index (κ2) is 10.3. The number of hydrogen-bond donors (Lipinski definition) is 0. The number of carbonyl (C=O) groups is 1. The Labute approximate surface area is 183 Å². The number of carbonyl (C=O) groups excluding carboxylic acids is 1. The number of para-hydroxylation sites is 2. The molecule has 5 heteroatoms. The summed E-state index contributed by atoms with van der Waals surface area (Å²) in [6, 6.07) is 22.9. The highest BCUT2D eigenvalue weighted by Crippen LogP contribution is 2.32. The smallest absolute Gasteiger partial charge is 0.254 e. The molecule has 3 aromatic rings. The third-order valence-corrected chi connectivity index (χ3v) is 4.99. The van der Waals surface area contributed by atoms with Crippen LogP contribution < -0.4 is 14.2 Å². The maximum absolute atomic E-state index is 13.6. The van der Waals surface area contributed by atoms with Crippen molar-refractivity contribution in [1.29, 1.82) is 0 Å². The average Bonchev–Trinajstić information content (AvgIpc) is 2.82. The normalized spacial score (nSPS) is 11.0. The molecule has 0 aliphatic rings. The third kappa shape index (κ3) is 5.07. The van der Waals surface area contributed by atoms with E-state index in [0.29, 0.717) is 29.4 Å². The molecule has 1 amide bonds. The van der Waals surface area contributed by atoms with E-state index in [1.54, 1.807) is 33.3 Å². The quantitative estimate of drug-likeness (QED) is 0.386. The van der Waals surface area contributed by atoms with Crippen LogP contribution in [0.2, 0.25) is 0 Å². The van der Waals surface area contributed by atoms with E-state index in [4.69, 9.17) is 14.2 Å². The molecule has 0 aliphatic heterocycles. The summed E-state index contributed by atoms with van der Waals surface area (Å²) in [5.41, 5.74) is 3.12. The van der Waals surface area contributed by atoms with Crippen molar-refractivity contribution in [3.05, 3.63) is 89.5 Å². The van der Waals surface area contributed by atoms with Gasteiger partial charge in [-0.25, -0.2) is 0 Å². The molecule has 0 atom stereocenters. The van der Waals surface area contributed by atoms with Gasteiger partial charge >= 0.3 is 0 Å². The van der Waals surface area contributed by atoms with Gasteiger partial charge in [-0.3, -0.25) is 4.79 Å². The minimum Gasteiger partial charge on any atom is -0.496 e. The lowest BCUT2D eigenvalue weighted by atomic mass is 10.0. The van der Waals surface area contributed by atoms with Gasteiger partial charge in [0.15, 0.2) is 11.5 Å². The number of hydrogen-bond acceptors (Lipinski definition) is 4. The van der Waals surface area contributed by atoms with E-state index >= 15 is 0 Å². The van der Waals surface area contributed by atoms with Crippen molar-refractivity contribution in [3.8, 4) is 17.2 Å². The van der Waals surface area contributed by atoms with Crippen molar-refractivity contribution < 1.29 is 19.0 Å². The minimum atomic E-state index is -0.109. The summed E-state index contributed by atoms with van der Waals surface area (Å²) < 4.78 is 16.4. The second-order valence-corrected chi connectivity index (χ2v) is 6.98. The zero-order valence-electron chi connectivity index (χ0n) is 18.3.